The van der Waals surface area contributed by atoms with Gasteiger partial charge in [-0.1, -0.05) is 43.6 Å². The summed E-state index contributed by atoms with van der Waals surface area (Å²) < 4.78 is 10.9. The number of carbonyl (C=O) groups excluding carboxylic acids is 2. The second-order valence-corrected chi connectivity index (χ2v) is 7.77. The average Bonchev–Trinajstić information content (AvgIpc) is 2.74. The van der Waals surface area contributed by atoms with Crippen LogP contribution in [-0.2, 0) is 9.59 Å². The summed E-state index contributed by atoms with van der Waals surface area (Å²) in [7, 11) is 0. The van der Waals surface area contributed by atoms with Crippen LogP contribution in [0.4, 0.5) is 0 Å². The molecule has 8 nitrogen and oxygen atoms in total. The van der Waals surface area contributed by atoms with Gasteiger partial charge in [-0.3, -0.25) is 9.59 Å². The fourth-order valence-electron chi connectivity index (χ4n) is 2.79. The molecule has 0 aliphatic carbocycles. The summed E-state index contributed by atoms with van der Waals surface area (Å²) in [5.41, 5.74) is 3.85. The van der Waals surface area contributed by atoms with Crippen molar-refractivity contribution in [2.45, 2.75) is 33.7 Å². The van der Waals surface area contributed by atoms with Crippen molar-refractivity contribution in [3.05, 3.63) is 52.5 Å². The van der Waals surface area contributed by atoms with E-state index in [9.17, 15) is 14.7 Å². The smallest absolute Gasteiger partial charge is 0.262 e. The molecule has 9 heteroatoms. The van der Waals surface area contributed by atoms with E-state index in [1.54, 1.807) is 19.1 Å². The molecule has 2 aromatic carbocycles. The van der Waals surface area contributed by atoms with E-state index in [4.69, 9.17) is 21.1 Å². The number of nitrogens with zero attached hydrogens (tertiary/aromatic N) is 1. The fraction of sp³-hybridized carbons (Fsp3) is 0.348. The number of benzene rings is 2. The topological polar surface area (TPSA) is 109 Å². The summed E-state index contributed by atoms with van der Waals surface area (Å²) in [6.07, 6.45) is 1.37. The number of aromatic hydroxyl groups is 1. The fourth-order valence-corrected chi connectivity index (χ4v) is 3.00. The first kappa shape index (κ1) is 25.0. The van der Waals surface area contributed by atoms with E-state index in [2.05, 4.69) is 15.8 Å². The van der Waals surface area contributed by atoms with Crippen LogP contribution in [0.3, 0.4) is 0 Å². The lowest BCUT2D eigenvalue weighted by Crippen LogP contribution is -2.49. The van der Waals surface area contributed by atoms with E-state index in [-0.39, 0.29) is 29.0 Å². The number of phenols is 1. The van der Waals surface area contributed by atoms with Crippen LogP contribution in [0, 0.1) is 12.8 Å². The molecule has 0 spiro atoms. The van der Waals surface area contributed by atoms with Gasteiger partial charge in [0.15, 0.2) is 18.1 Å². The van der Waals surface area contributed by atoms with E-state index in [0.29, 0.717) is 17.9 Å². The molecular weight excluding hydrogens is 434 g/mol. The van der Waals surface area contributed by atoms with Crippen LogP contribution in [0.1, 0.15) is 31.9 Å². The molecule has 2 amide bonds. The van der Waals surface area contributed by atoms with Crippen molar-refractivity contribution in [1.29, 1.82) is 0 Å². The zero-order valence-corrected chi connectivity index (χ0v) is 19.3. The molecule has 2 aromatic rings. The molecule has 172 valence electrons. The van der Waals surface area contributed by atoms with Crippen LogP contribution < -0.4 is 20.2 Å². The van der Waals surface area contributed by atoms with Gasteiger partial charge in [0.1, 0.15) is 11.8 Å². The first-order valence-corrected chi connectivity index (χ1v) is 10.6. The molecular formula is C23H28ClN3O5. The number of halogens is 1. The molecule has 0 saturated heterocycles. The molecule has 0 aromatic heterocycles. The van der Waals surface area contributed by atoms with Gasteiger partial charge in [-0.05, 0) is 49.1 Å². The molecule has 0 aliphatic heterocycles. The number of nitrogens with one attached hydrogen (secondary N) is 2. The van der Waals surface area contributed by atoms with E-state index in [1.165, 1.54) is 12.3 Å². The van der Waals surface area contributed by atoms with Gasteiger partial charge in [-0.25, -0.2) is 5.43 Å². The Morgan fingerprint density at radius 1 is 1.19 bits per heavy atom. The number of para-hydroxylation sites is 1. The standard InChI is InChI=1S/C23H28ClN3O5/c1-5-31-19-11-16(10-17(24)22(19)29)12-25-27-23(30)21(14(2)3)26-20(28)13-32-18-9-7-6-8-15(18)4/h6-12,14,21,29H,5,13H2,1-4H3,(H,26,28)(H,27,30)/b25-12+. The van der Waals surface area contributed by atoms with E-state index in [1.807, 2.05) is 39.0 Å². The SMILES string of the molecule is CCOc1cc(/C=N/NC(=O)C(NC(=O)COc2ccccc2C)C(C)C)cc(Cl)c1O. The molecule has 1 atom stereocenters. The first-order valence-electron chi connectivity index (χ1n) is 10.2. The van der Waals surface area contributed by atoms with E-state index in [0.717, 1.165) is 5.56 Å². The number of phenolic OH excluding ortho intramolecular Hbond substituents is 1. The Kier molecular flexibility index (Phi) is 9.34. The lowest BCUT2D eigenvalue weighted by molar-refractivity contribution is -0.131. The third-order valence-electron chi connectivity index (χ3n) is 4.46. The highest BCUT2D eigenvalue weighted by Gasteiger charge is 2.24. The van der Waals surface area contributed by atoms with Crippen molar-refractivity contribution in [3.63, 3.8) is 0 Å². The average molecular weight is 462 g/mol. The molecule has 2 rings (SSSR count). The number of hydrazone groups is 1. The summed E-state index contributed by atoms with van der Waals surface area (Å²) in [5.74, 6) is -0.413. The van der Waals surface area contributed by atoms with E-state index >= 15 is 0 Å². The highest BCUT2D eigenvalue weighted by molar-refractivity contribution is 6.32. The largest absolute Gasteiger partial charge is 0.503 e. The van der Waals surface area contributed by atoms with Crippen LogP contribution in [-0.4, -0.2) is 42.4 Å². The number of hydrogen-bond donors (Lipinski definition) is 3. The number of amides is 2. The summed E-state index contributed by atoms with van der Waals surface area (Å²) in [6, 6.07) is 9.59. The van der Waals surface area contributed by atoms with Crippen LogP contribution in [0.25, 0.3) is 0 Å². The third-order valence-corrected chi connectivity index (χ3v) is 4.75. The lowest BCUT2D eigenvalue weighted by atomic mass is 10.0. The van der Waals surface area contributed by atoms with Gasteiger partial charge in [0, 0.05) is 0 Å². The normalized spacial score (nSPS) is 11.9. The molecule has 0 bridgehead atoms. The van der Waals surface area contributed by atoms with Crippen LogP contribution >= 0.6 is 11.6 Å². The van der Waals surface area contributed by atoms with E-state index < -0.39 is 17.9 Å². The maximum absolute atomic E-state index is 12.6. The Morgan fingerprint density at radius 3 is 2.56 bits per heavy atom. The number of rotatable bonds is 10. The second kappa shape index (κ2) is 12.0. The van der Waals surface area contributed by atoms with Gasteiger partial charge < -0.3 is 19.9 Å². The van der Waals surface area contributed by atoms with Crippen molar-refractivity contribution >= 4 is 29.6 Å². The van der Waals surface area contributed by atoms with Gasteiger partial charge in [-0.2, -0.15) is 5.10 Å². The van der Waals surface area contributed by atoms with Crippen LogP contribution in [0.5, 0.6) is 17.2 Å². The lowest BCUT2D eigenvalue weighted by Gasteiger charge is -2.20. The van der Waals surface area contributed by atoms with Crippen molar-refractivity contribution in [1.82, 2.24) is 10.7 Å². The van der Waals surface area contributed by atoms with Gasteiger partial charge >= 0.3 is 0 Å². The highest BCUT2D eigenvalue weighted by atomic mass is 35.5. The zero-order valence-electron chi connectivity index (χ0n) is 18.5. The first-order chi connectivity index (χ1) is 15.2. The zero-order chi connectivity index (χ0) is 23.7. The Balaban J connectivity index is 1.97. The molecule has 0 aliphatic rings. The summed E-state index contributed by atoms with van der Waals surface area (Å²) >= 11 is 5.99. The molecule has 32 heavy (non-hydrogen) atoms. The number of ether oxygens (including phenoxy) is 2. The molecule has 0 saturated carbocycles. The monoisotopic (exact) mass is 461 g/mol. The minimum Gasteiger partial charge on any atom is -0.503 e. The summed E-state index contributed by atoms with van der Waals surface area (Å²) in [5, 5.41) is 16.6. The Labute approximate surface area is 192 Å². The van der Waals surface area contributed by atoms with Gasteiger partial charge in [0.25, 0.3) is 11.8 Å². The predicted molar refractivity (Wildman–Crippen MR) is 123 cm³/mol. The molecule has 0 heterocycles. The van der Waals surface area contributed by atoms with Crippen LogP contribution in [0.15, 0.2) is 41.5 Å². The molecule has 0 fully saturated rings. The highest BCUT2D eigenvalue weighted by Crippen LogP contribution is 2.34. The number of hydrogen-bond acceptors (Lipinski definition) is 6. The van der Waals surface area contributed by atoms with Crippen molar-refractivity contribution < 1.29 is 24.2 Å². The Morgan fingerprint density at radius 2 is 1.91 bits per heavy atom. The number of aryl methyl sites for hydroxylation is 1. The minimum absolute atomic E-state index is 0.102. The summed E-state index contributed by atoms with van der Waals surface area (Å²) in [4.78, 5) is 24.9. The quantitative estimate of drug-likeness (QED) is 0.371. The minimum atomic E-state index is -0.803. The maximum Gasteiger partial charge on any atom is 0.262 e. The molecule has 0 radical (unpaired) electrons. The van der Waals surface area contributed by atoms with Crippen molar-refractivity contribution in [2.24, 2.45) is 11.0 Å². The molecule has 3 N–H and O–H groups in total. The predicted octanol–water partition coefficient (Wildman–Crippen LogP) is 3.42. The van der Waals surface area contributed by atoms with Crippen molar-refractivity contribution in [3.8, 4) is 17.2 Å². The summed E-state index contributed by atoms with van der Waals surface area (Å²) in [6.45, 7) is 7.42. The third kappa shape index (κ3) is 7.16. The van der Waals surface area contributed by atoms with Crippen molar-refractivity contribution in [2.75, 3.05) is 13.2 Å². The Hall–Kier alpha value is -3.26. The number of carbonyl (C=O) groups is 2. The van der Waals surface area contributed by atoms with Gasteiger partial charge in [0.05, 0.1) is 17.8 Å². The Bertz CT molecular complexity index is 978. The van der Waals surface area contributed by atoms with Gasteiger partial charge in [-0.15, -0.1) is 0 Å². The second-order valence-electron chi connectivity index (χ2n) is 7.36. The molecule has 1 unspecified atom stereocenters. The van der Waals surface area contributed by atoms with Gasteiger partial charge in [0.2, 0.25) is 0 Å². The maximum atomic E-state index is 12.6. The van der Waals surface area contributed by atoms with Crippen LogP contribution in [0.2, 0.25) is 5.02 Å².